The molecule has 2 aromatic carbocycles. The number of thioether (sulfide) groups is 1. The molecule has 2 rings (SSSR count). The molecule has 2 N–H and O–H groups in total. The van der Waals surface area contributed by atoms with E-state index in [0.29, 0.717) is 10.6 Å². The van der Waals surface area contributed by atoms with E-state index in [9.17, 15) is 14.4 Å². The number of nitrogens with zero attached hydrogens (tertiary/aromatic N) is 2. The van der Waals surface area contributed by atoms with E-state index in [0.717, 1.165) is 22.9 Å². The van der Waals surface area contributed by atoms with E-state index in [4.69, 9.17) is 15.7 Å². The molecular formula is C22H23N3O4S. The molecule has 2 amide bonds. The summed E-state index contributed by atoms with van der Waals surface area (Å²) in [5, 5.41) is 8.93. The van der Waals surface area contributed by atoms with Gasteiger partial charge in [0.1, 0.15) is 0 Å². The molecule has 0 aliphatic heterocycles. The van der Waals surface area contributed by atoms with Gasteiger partial charge in [0.25, 0.3) is 5.91 Å². The highest BCUT2D eigenvalue weighted by Gasteiger charge is 2.20. The van der Waals surface area contributed by atoms with Crippen molar-refractivity contribution < 1.29 is 19.1 Å². The number of ether oxygens (including phenoxy) is 1. The van der Waals surface area contributed by atoms with Gasteiger partial charge in [0.2, 0.25) is 5.91 Å². The maximum Gasteiger partial charge on any atom is 0.339 e. The number of nitrogens with two attached hydrogens (primary N) is 1. The predicted octanol–water partition coefficient (Wildman–Crippen LogP) is 2.98. The molecule has 0 aliphatic rings. The number of amides is 2. The van der Waals surface area contributed by atoms with Crippen LogP contribution >= 0.6 is 11.8 Å². The lowest BCUT2D eigenvalue weighted by Crippen LogP contribution is -2.35. The minimum Gasteiger partial charge on any atom is -0.452 e. The lowest BCUT2D eigenvalue weighted by Gasteiger charge is -2.22. The second kappa shape index (κ2) is 11.0. The minimum absolute atomic E-state index is 0.0257. The van der Waals surface area contributed by atoms with E-state index in [2.05, 4.69) is 0 Å². The van der Waals surface area contributed by atoms with E-state index in [1.54, 1.807) is 24.3 Å². The van der Waals surface area contributed by atoms with Crippen LogP contribution in [0.1, 0.15) is 27.9 Å². The van der Waals surface area contributed by atoms with Gasteiger partial charge in [-0.05, 0) is 49.2 Å². The zero-order valence-electron chi connectivity index (χ0n) is 16.9. The van der Waals surface area contributed by atoms with Crippen molar-refractivity contribution in [1.29, 1.82) is 5.26 Å². The SMILES string of the molecule is Cc1cc(C)cc(N(CCC#N)C(=O)COC(=O)c2ccccc2SCC(N)=O)c1. The number of nitriles is 1. The molecule has 8 heteroatoms. The van der Waals surface area contributed by atoms with Crippen molar-refractivity contribution >= 4 is 35.2 Å². The monoisotopic (exact) mass is 425 g/mol. The summed E-state index contributed by atoms with van der Waals surface area (Å²) in [6.07, 6.45) is 0.152. The van der Waals surface area contributed by atoms with Crippen molar-refractivity contribution in [2.24, 2.45) is 5.73 Å². The molecule has 30 heavy (non-hydrogen) atoms. The molecule has 156 valence electrons. The largest absolute Gasteiger partial charge is 0.452 e. The third-order valence-corrected chi connectivity index (χ3v) is 5.17. The molecule has 0 aromatic heterocycles. The van der Waals surface area contributed by atoms with Crippen LogP contribution in [0.3, 0.4) is 0 Å². The fourth-order valence-corrected chi connectivity index (χ4v) is 3.64. The highest BCUT2D eigenvalue weighted by molar-refractivity contribution is 8.00. The lowest BCUT2D eigenvalue weighted by molar-refractivity contribution is -0.121. The zero-order chi connectivity index (χ0) is 22.1. The van der Waals surface area contributed by atoms with Crippen molar-refractivity contribution in [1.82, 2.24) is 0 Å². The maximum atomic E-state index is 12.8. The standard InChI is InChI=1S/C22H23N3O4S/c1-15-10-16(2)12-17(11-15)25(9-5-8-23)21(27)13-29-22(28)18-6-3-4-7-19(18)30-14-20(24)26/h3-4,6-7,10-12H,5,9,13-14H2,1-2H3,(H2,24,26). The first-order chi connectivity index (χ1) is 14.3. The number of carbonyl (C=O) groups excluding carboxylic acids is 3. The molecule has 0 heterocycles. The molecule has 7 nitrogen and oxygen atoms in total. The molecule has 0 unspecified atom stereocenters. The lowest BCUT2D eigenvalue weighted by atomic mass is 10.1. The quantitative estimate of drug-likeness (QED) is 0.488. The summed E-state index contributed by atoms with van der Waals surface area (Å²) in [6, 6.07) is 14.4. The first-order valence-electron chi connectivity index (χ1n) is 9.24. The van der Waals surface area contributed by atoms with E-state index in [1.807, 2.05) is 38.1 Å². The third kappa shape index (κ3) is 6.64. The van der Waals surface area contributed by atoms with Crippen LogP contribution < -0.4 is 10.6 Å². The van der Waals surface area contributed by atoms with E-state index >= 15 is 0 Å². The van der Waals surface area contributed by atoms with Gasteiger partial charge >= 0.3 is 5.97 Å². The average molecular weight is 426 g/mol. The molecule has 0 bridgehead atoms. The molecule has 0 saturated carbocycles. The van der Waals surface area contributed by atoms with Crippen LogP contribution in [0.2, 0.25) is 0 Å². The normalized spacial score (nSPS) is 10.2. The predicted molar refractivity (Wildman–Crippen MR) is 115 cm³/mol. The van der Waals surface area contributed by atoms with Gasteiger partial charge in [-0.25, -0.2) is 4.79 Å². The van der Waals surface area contributed by atoms with Gasteiger partial charge in [-0.2, -0.15) is 5.26 Å². The fraction of sp³-hybridized carbons (Fsp3) is 0.273. The van der Waals surface area contributed by atoms with Crippen molar-refractivity contribution in [2.45, 2.75) is 25.2 Å². The summed E-state index contributed by atoms with van der Waals surface area (Å²) in [4.78, 5) is 38.3. The summed E-state index contributed by atoms with van der Waals surface area (Å²) in [6.45, 7) is 3.57. The Bertz CT molecular complexity index is 964. The first-order valence-corrected chi connectivity index (χ1v) is 10.2. The number of primary amides is 1. The Balaban J connectivity index is 2.12. The summed E-state index contributed by atoms with van der Waals surface area (Å²) >= 11 is 1.13. The summed E-state index contributed by atoms with van der Waals surface area (Å²) in [5.74, 6) is -1.57. The van der Waals surface area contributed by atoms with Crippen LogP contribution in [0.5, 0.6) is 0 Å². The van der Waals surface area contributed by atoms with Gasteiger partial charge in [0.15, 0.2) is 6.61 Å². The van der Waals surface area contributed by atoms with Crippen LogP contribution in [-0.2, 0) is 14.3 Å². The van der Waals surface area contributed by atoms with Crippen molar-refractivity contribution in [3.8, 4) is 6.07 Å². The summed E-state index contributed by atoms with van der Waals surface area (Å²) < 4.78 is 5.24. The number of benzene rings is 2. The number of esters is 1. The number of anilines is 1. The second-order valence-electron chi connectivity index (χ2n) is 6.63. The Labute approximate surface area is 179 Å². The minimum atomic E-state index is -0.670. The van der Waals surface area contributed by atoms with Crippen LogP contribution in [-0.4, -0.2) is 36.7 Å². The molecule has 0 fully saturated rings. The third-order valence-electron chi connectivity index (χ3n) is 4.07. The second-order valence-corrected chi connectivity index (χ2v) is 7.64. The molecule has 0 aliphatic carbocycles. The maximum absolute atomic E-state index is 12.8. The van der Waals surface area contributed by atoms with Crippen molar-refractivity contribution in [2.75, 3.05) is 23.8 Å². The number of hydrogen-bond acceptors (Lipinski definition) is 6. The van der Waals surface area contributed by atoms with Gasteiger partial charge in [-0.1, -0.05) is 18.2 Å². The van der Waals surface area contributed by atoms with Crippen LogP contribution in [0, 0.1) is 25.2 Å². The molecule has 0 saturated heterocycles. The molecule has 0 atom stereocenters. The van der Waals surface area contributed by atoms with Crippen LogP contribution in [0.15, 0.2) is 47.4 Å². The number of carbonyl (C=O) groups is 3. The zero-order valence-corrected chi connectivity index (χ0v) is 17.7. The van der Waals surface area contributed by atoms with E-state index in [1.165, 1.54) is 4.90 Å². The highest BCUT2D eigenvalue weighted by atomic mass is 32.2. The Morgan fingerprint density at radius 2 is 1.80 bits per heavy atom. The fourth-order valence-electron chi connectivity index (χ4n) is 2.86. The molecule has 0 spiro atoms. The van der Waals surface area contributed by atoms with Crippen LogP contribution in [0.25, 0.3) is 0 Å². The molecule has 2 aromatic rings. The van der Waals surface area contributed by atoms with Gasteiger partial charge in [-0.3, -0.25) is 9.59 Å². The smallest absolute Gasteiger partial charge is 0.339 e. The van der Waals surface area contributed by atoms with Gasteiger partial charge < -0.3 is 15.4 Å². The van der Waals surface area contributed by atoms with Gasteiger partial charge in [0, 0.05) is 17.1 Å². The summed E-state index contributed by atoms with van der Waals surface area (Å²) in [7, 11) is 0. The number of aryl methyl sites for hydroxylation is 2. The van der Waals surface area contributed by atoms with Gasteiger partial charge in [-0.15, -0.1) is 11.8 Å². The van der Waals surface area contributed by atoms with Gasteiger partial charge in [0.05, 0.1) is 23.8 Å². The van der Waals surface area contributed by atoms with E-state index in [-0.39, 0.29) is 24.3 Å². The average Bonchev–Trinajstić information content (AvgIpc) is 2.70. The Kier molecular flexibility index (Phi) is 8.44. The van der Waals surface area contributed by atoms with Crippen molar-refractivity contribution in [3.63, 3.8) is 0 Å². The topological polar surface area (TPSA) is 113 Å². The molecule has 0 radical (unpaired) electrons. The number of rotatable bonds is 9. The highest BCUT2D eigenvalue weighted by Crippen LogP contribution is 2.23. The first kappa shape index (κ1) is 23.0. The van der Waals surface area contributed by atoms with Crippen LogP contribution in [0.4, 0.5) is 5.69 Å². The Hall–Kier alpha value is -3.31. The Morgan fingerprint density at radius 1 is 1.13 bits per heavy atom. The summed E-state index contributed by atoms with van der Waals surface area (Å²) in [5.41, 5.74) is 8.04. The van der Waals surface area contributed by atoms with Crippen molar-refractivity contribution in [3.05, 3.63) is 59.2 Å². The molecular weight excluding hydrogens is 402 g/mol. The number of hydrogen-bond donors (Lipinski definition) is 1. The Morgan fingerprint density at radius 3 is 2.43 bits per heavy atom. The van der Waals surface area contributed by atoms with E-state index < -0.39 is 24.4 Å².